The number of thioether (sulfide) groups is 1. The molecule has 0 radical (unpaired) electrons. The minimum atomic E-state index is 0.339. The predicted molar refractivity (Wildman–Crippen MR) is 67.7 cm³/mol. The summed E-state index contributed by atoms with van der Waals surface area (Å²) < 4.78 is 0. The lowest BCUT2D eigenvalue weighted by molar-refractivity contribution is -0.123. The van der Waals surface area contributed by atoms with Gasteiger partial charge in [-0.15, -0.1) is 0 Å². The van der Waals surface area contributed by atoms with E-state index in [0.717, 1.165) is 18.6 Å². The first-order valence-corrected chi connectivity index (χ1v) is 7.18. The molecule has 84 valence electrons. The quantitative estimate of drug-likeness (QED) is 0.796. The maximum absolute atomic E-state index is 12.2. The molecule has 0 bridgehead atoms. The van der Waals surface area contributed by atoms with Gasteiger partial charge in [-0.2, -0.15) is 11.8 Å². The van der Waals surface area contributed by atoms with Crippen molar-refractivity contribution in [1.29, 1.82) is 0 Å². The average Bonchev–Trinajstić information content (AvgIpc) is 2.95. The van der Waals surface area contributed by atoms with Gasteiger partial charge in [-0.1, -0.05) is 30.3 Å². The summed E-state index contributed by atoms with van der Waals surface area (Å²) in [5.41, 5.74) is 1.35. The SMILES string of the molecule is O=C(C1CCSC1)C1CC1c1ccccc1. The van der Waals surface area contributed by atoms with E-state index in [0.29, 0.717) is 23.5 Å². The molecule has 1 saturated heterocycles. The van der Waals surface area contributed by atoms with Crippen molar-refractivity contribution in [3.8, 4) is 0 Å². The Bertz CT molecular complexity index is 381. The predicted octanol–water partition coefficient (Wildman–Crippen LogP) is 3.11. The Kier molecular flexibility index (Phi) is 2.76. The van der Waals surface area contributed by atoms with Crippen LogP contribution in [0.3, 0.4) is 0 Å². The van der Waals surface area contributed by atoms with Gasteiger partial charge in [-0.3, -0.25) is 4.79 Å². The minimum Gasteiger partial charge on any atom is -0.299 e. The van der Waals surface area contributed by atoms with Crippen LogP contribution < -0.4 is 0 Å². The normalized spacial score (nSPS) is 32.6. The molecule has 2 fully saturated rings. The molecule has 1 aliphatic heterocycles. The first kappa shape index (κ1) is 10.4. The van der Waals surface area contributed by atoms with Gasteiger partial charge in [-0.05, 0) is 30.1 Å². The standard InChI is InChI=1S/C14H16OS/c15-14(11-6-7-16-9-11)13-8-12(13)10-4-2-1-3-5-10/h1-5,11-13H,6-9H2. The fourth-order valence-corrected chi connectivity index (χ4v) is 3.87. The molecule has 2 aliphatic rings. The minimum absolute atomic E-state index is 0.339. The van der Waals surface area contributed by atoms with E-state index in [-0.39, 0.29) is 0 Å². The average molecular weight is 232 g/mol. The maximum Gasteiger partial charge on any atom is 0.140 e. The summed E-state index contributed by atoms with van der Waals surface area (Å²) in [6.07, 6.45) is 2.20. The van der Waals surface area contributed by atoms with Crippen LogP contribution in [0, 0.1) is 11.8 Å². The smallest absolute Gasteiger partial charge is 0.140 e. The molecule has 0 spiro atoms. The number of benzene rings is 1. The highest BCUT2D eigenvalue weighted by molar-refractivity contribution is 7.99. The lowest BCUT2D eigenvalue weighted by Gasteiger charge is -2.06. The van der Waals surface area contributed by atoms with Crippen molar-refractivity contribution in [2.75, 3.05) is 11.5 Å². The molecule has 1 aliphatic carbocycles. The van der Waals surface area contributed by atoms with Crippen LogP contribution in [0.4, 0.5) is 0 Å². The summed E-state index contributed by atoms with van der Waals surface area (Å²) in [5, 5.41) is 0. The topological polar surface area (TPSA) is 17.1 Å². The molecular formula is C14H16OS. The molecule has 0 aromatic heterocycles. The Morgan fingerprint density at radius 3 is 2.75 bits per heavy atom. The Balaban J connectivity index is 1.65. The zero-order valence-electron chi connectivity index (χ0n) is 9.26. The summed E-state index contributed by atoms with van der Waals surface area (Å²) >= 11 is 1.93. The lowest BCUT2D eigenvalue weighted by Crippen LogP contribution is -2.16. The first-order chi connectivity index (χ1) is 7.86. The van der Waals surface area contributed by atoms with Gasteiger partial charge in [-0.25, -0.2) is 0 Å². The summed E-state index contributed by atoms with van der Waals surface area (Å²) in [7, 11) is 0. The fraction of sp³-hybridized carbons (Fsp3) is 0.500. The van der Waals surface area contributed by atoms with Crippen molar-refractivity contribution < 1.29 is 4.79 Å². The summed E-state index contributed by atoms with van der Waals surface area (Å²) in [5.74, 6) is 4.02. The molecule has 1 nitrogen and oxygen atoms in total. The summed E-state index contributed by atoms with van der Waals surface area (Å²) in [6.45, 7) is 0. The monoisotopic (exact) mass is 232 g/mol. The van der Waals surface area contributed by atoms with Gasteiger partial charge in [0.1, 0.15) is 5.78 Å². The van der Waals surface area contributed by atoms with Crippen LogP contribution >= 0.6 is 11.8 Å². The largest absolute Gasteiger partial charge is 0.299 e. The van der Waals surface area contributed by atoms with Gasteiger partial charge in [0.05, 0.1) is 0 Å². The Morgan fingerprint density at radius 1 is 1.25 bits per heavy atom. The zero-order valence-corrected chi connectivity index (χ0v) is 10.1. The van der Waals surface area contributed by atoms with E-state index < -0.39 is 0 Å². The van der Waals surface area contributed by atoms with Crippen molar-refractivity contribution in [2.45, 2.75) is 18.8 Å². The third-order valence-corrected chi connectivity index (χ3v) is 4.88. The van der Waals surface area contributed by atoms with E-state index in [4.69, 9.17) is 0 Å². The van der Waals surface area contributed by atoms with E-state index in [1.807, 2.05) is 17.8 Å². The van der Waals surface area contributed by atoms with Gasteiger partial charge in [0.2, 0.25) is 0 Å². The van der Waals surface area contributed by atoms with E-state index in [2.05, 4.69) is 24.3 Å². The van der Waals surface area contributed by atoms with Crippen LogP contribution in [0.2, 0.25) is 0 Å². The van der Waals surface area contributed by atoms with Gasteiger partial charge in [0, 0.05) is 17.6 Å². The van der Waals surface area contributed by atoms with Crippen LogP contribution in [0.5, 0.6) is 0 Å². The molecule has 1 aromatic rings. The Labute approximate surface area is 101 Å². The molecule has 3 unspecified atom stereocenters. The van der Waals surface area contributed by atoms with Crippen molar-refractivity contribution in [3.63, 3.8) is 0 Å². The van der Waals surface area contributed by atoms with Crippen LogP contribution in [0.25, 0.3) is 0 Å². The number of carbonyl (C=O) groups is 1. The van der Waals surface area contributed by atoms with Crippen molar-refractivity contribution >= 4 is 17.5 Å². The number of ketones is 1. The van der Waals surface area contributed by atoms with Gasteiger partial charge in [0.15, 0.2) is 0 Å². The van der Waals surface area contributed by atoms with Crippen LogP contribution in [-0.4, -0.2) is 17.3 Å². The molecule has 1 saturated carbocycles. The van der Waals surface area contributed by atoms with Crippen molar-refractivity contribution in [1.82, 2.24) is 0 Å². The number of Topliss-reactive ketones (excluding diaryl/α,β-unsaturated/α-hetero) is 1. The van der Waals surface area contributed by atoms with E-state index in [1.54, 1.807) is 0 Å². The second-order valence-electron chi connectivity index (χ2n) is 4.82. The highest BCUT2D eigenvalue weighted by Crippen LogP contribution is 2.50. The van der Waals surface area contributed by atoms with Gasteiger partial charge >= 0.3 is 0 Å². The van der Waals surface area contributed by atoms with Crippen LogP contribution in [0.15, 0.2) is 30.3 Å². The molecule has 3 rings (SSSR count). The Hall–Kier alpha value is -0.760. The zero-order chi connectivity index (χ0) is 11.0. The van der Waals surface area contributed by atoms with E-state index in [1.165, 1.54) is 11.3 Å². The molecule has 2 heteroatoms. The van der Waals surface area contributed by atoms with Crippen molar-refractivity contribution in [3.05, 3.63) is 35.9 Å². The third-order valence-electron chi connectivity index (χ3n) is 3.72. The third kappa shape index (κ3) is 1.91. The van der Waals surface area contributed by atoms with Crippen LogP contribution in [0.1, 0.15) is 24.3 Å². The summed E-state index contributed by atoms with van der Waals surface area (Å²) in [6, 6.07) is 10.5. The second kappa shape index (κ2) is 4.25. The Morgan fingerprint density at radius 2 is 2.06 bits per heavy atom. The number of hydrogen-bond donors (Lipinski definition) is 0. The molecule has 0 N–H and O–H groups in total. The highest BCUT2D eigenvalue weighted by atomic mass is 32.2. The molecular weight excluding hydrogens is 216 g/mol. The van der Waals surface area contributed by atoms with Crippen LogP contribution in [-0.2, 0) is 4.79 Å². The number of rotatable bonds is 3. The highest BCUT2D eigenvalue weighted by Gasteiger charge is 2.46. The molecule has 16 heavy (non-hydrogen) atoms. The number of carbonyl (C=O) groups excluding carboxylic acids is 1. The van der Waals surface area contributed by atoms with Gasteiger partial charge < -0.3 is 0 Å². The second-order valence-corrected chi connectivity index (χ2v) is 5.97. The fourth-order valence-electron chi connectivity index (χ4n) is 2.64. The molecule has 1 heterocycles. The summed E-state index contributed by atoms with van der Waals surface area (Å²) in [4.78, 5) is 12.2. The number of hydrogen-bond acceptors (Lipinski definition) is 2. The van der Waals surface area contributed by atoms with Crippen molar-refractivity contribution in [2.24, 2.45) is 11.8 Å². The van der Waals surface area contributed by atoms with Gasteiger partial charge in [0.25, 0.3) is 0 Å². The first-order valence-electron chi connectivity index (χ1n) is 6.02. The molecule has 0 amide bonds. The molecule has 1 aromatic carbocycles. The molecule has 3 atom stereocenters. The lowest BCUT2D eigenvalue weighted by atomic mass is 9.97. The van der Waals surface area contributed by atoms with E-state index >= 15 is 0 Å². The van der Waals surface area contributed by atoms with E-state index in [9.17, 15) is 4.79 Å². The maximum atomic E-state index is 12.2.